The molecule has 20 heavy (non-hydrogen) atoms. The molecule has 0 N–H and O–H groups in total. The summed E-state index contributed by atoms with van der Waals surface area (Å²) in [6.45, 7) is 4.64. The molecule has 3 rings (SSSR count). The summed E-state index contributed by atoms with van der Waals surface area (Å²) in [5, 5.41) is 10.4. The number of fused-ring (bicyclic) bond motifs is 1. The number of aromatic nitrogens is 2. The molecule has 0 spiro atoms. The molecular weight excluding hydrogens is 272 g/mol. The van der Waals surface area contributed by atoms with Crippen molar-refractivity contribution in [3.63, 3.8) is 0 Å². The molecule has 0 amide bonds. The lowest BCUT2D eigenvalue weighted by atomic mass is 9.76. The number of hydrogen-bond acceptors (Lipinski definition) is 3. The van der Waals surface area contributed by atoms with Crippen LogP contribution in [0.4, 0.5) is 0 Å². The molecular formula is C16H19ClN2O. The summed E-state index contributed by atoms with van der Waals surface area (Å²) in [5.41, 5.74) is 0.438. The van der Waals surface area contributed by atoms with Crippen molar-refractivity contribution >= 4 is 22.4 Å². The quantitative estimate of drug-likeness (QED) is 0.809. The molecule has 3 nitrogen and oxygen atoms in total. The van der Waals surface area contributed by atoms with E-state index in [9.17, 15) is 0 Å². The van der Waals surface area contributed by atoms with Gasteiger partial charge in [0.15, 0.2) is 5.15 Å². The summed E-state index contributed by atoms with van der Waals surface area (Å²) in [7, 11) is 0. The van der Waals surface area contributed by atoms with E-state index in [4.69, 9.17) is 16.3 Å². The van der Waals surface area contributed by atoms with Gasteiger partial charge in [-0.05, 0) is 37.2 Å². The molecule has 1 aliphatic carbocycles. The van der Waals surface area contributed by atoms with Crippen LogP contribution in [0, 0.1) is 5.41 Å². The number of hydrogen-bond donors (Lipinski definition) is 0. The Morgan fingerprint density at radius 2 is 1.75 bits per heavy atom. The van der Waals surface area contributed by atoms with E-state index >= 15 is 0 Å². The maximum atomic E-state index is 6.08. The average Bonchev–Trinajstić information content (AvgIpc) is 2.44. The third-order valence-corrected chi connectivity index (χ3v) is 4.45. The summed E-state index contributed by atoms with van der Waals surface area (Å²) >= 11 is 6.08. The summed E-state index contributed by atoms with van der Waals surface area (Å²) < 4.78 is 6.08. The van der Waals surface area contributed by atoms with Gasteiger partial charge in [0.1, 0.15) is 6.10 Å². The molecule has 0 radical (unpaired) electrons. The van der Waals surface area contributed by atoms with Crippen LogP contribution in [0.1, 0.15) is 39.5 Å². The first kappa shape index (κ1) is 13.6. The van der Waals surface area contributed by atoms with E-state index in [2.05, 4.69) is 24.0 Å². The zero-order chi connectivity index (χ0) is 14.2. The number of nitrogens with zero attached hydrogens (tertiary/aromatic N) is 2. The molecule has 1 heterocycles. The fourth-order valence-corrected chi connectivity index (χ4v) is 2.98. The fraction of sp³-hybridized carbons (Fsp3) is 0.500. The largest absolute Gasteiger partial charge is 0.473 e. The molecule has 0 atom stereocenters. The normalized spacial score (nSPS) is 19.1. The van der Waals surface area contributed by atoms with Gasteiger partial charge in [-0.1, -0.05) is 43.6 Å². The van der Waals surface area contributed by atoms with Crippen LogP contribution in [0.5, 0.6) is 5.88 Å². The molecule has 4 heteroatoms. The third-order valence-electron chi connectivity index (χ3n) is 4.17. The highest BCUT2D eigenvalue weighted by atomic mass is 35.5. The lowest BCUT2D eigenvalue weighted by molar-refractivity contribution is 0.0955. The first-order valence-electron chi connectivity index (χ1n) is 7.13. The summed E-state index contributed by atoms with van der Waals surface area (Å²) in [4.78, 5) is 0. The third kappa shape index (κ3) is 2.73. The van der Waals surface area contributed by atoms with Crippen molar-refractivity contribution in [2.24, 2.45) is 5.41 Å². The summed E-state index contributed by atoms with van der Waals surface area (Å²) in [6, 6.07) is 7.85. The SMILES string of the molecule is CC1(C)CCC(Oc2nnc(Cl)c3ccccc23)CC1. The molecule has 1 aromatic heterocycles. The van der Waals surface area contributed by atoms with Gasteiger partial charge < -0.3 is 4.74 Å². The van der Waals surface area contributed by atoms with Crippen LogP contribution in [-0.4, -0.2) is 16.3 Å². The van der Waals surface area contributed by atoms with Crippen molar-refractivity contribution in [3.8, 4) is 5.88 Å². The van der Waals surface area contributed by atoms with Gasteiger partial charge in [0.2, 0.25) is 5.88 Å². The maximum absolute atomic E-state index is 6.08. The Labute approximate surface area is 124 Å². The van der Waals surface area contributed by atoms with Crippen LogP contribution in [0.25, 0.3) is 10.8 Å². The Balaban J connectivity index is 1.83. The Hall–Kier alpha value is -1.35. The van der Waals surface area contributed by atoms with E-state index in [1.807, 2.05) is 24.3 Å². The molecule has 0 unspecified atom stereocenters. The van der Waals surface area contributed by atoms with Gasteiger partial charge in [0, 0.05) is 10.8 Å². The smallest absolute Gasteiger partial charge is 0.241 e. The fourth-order valence-electron chi connectivity index (χ4n) is 2.78. The van der Waals surface area contributed by atoms with Crippen LogP contribution in [0.3, 0.4) is 0 Å². The molecule has 1 aromatic carbocycles. The van der Waals surface area contributed by atoms with Crippen LogP contribution in [0.15, 0.2) is 24.3 Å². The minimum absolute atomic E-state index is 0.238. The predicted molar refractivity (Wildman–Crippen MR) is 81.2 cm³/mol. The Bertz CT molecular complexity index is 617. The van der Waals surface area contributed by atoms with E-state index in [1.54, 1.807) is 0 Å². The molecule has 1 saturated carbocycles. The second kappa shape index (κ2) is 5.21. The molecule has 1 fully saturated rings. The van der Waals surface area contributed by atoms with E-state index in [1.165, 1.54) is 12.8 Å². The first-order valence-corrected chi connectivity index (χ1v) is 7.50. The lowest BCUT2D eigenvalue weighted by Gasteiger charge is -2.34. The van der Waals surface area contributed by atoms with Crippen LogP contribution in [-0.2, 0) is 0 Å². The van der Waals surface area contributed by atoms with Crippen molar-refractivity contribution in [3.05, 3.63) is 29.4 Å². The summed E-state index contributed by atoms with van der Waals surface area (Å²) in [5.74, 6) is 0.606. The molecule has 2 aromatic rings. The van der Waals surface area contributed by atoms with Crippen molar-refractivity contribution in [1.29, 1.82) is 0 Å². The highest BCUT2D eigenvalue weighted by molar-refractivity contribution is 6.34. The van der Waals surface area contributed by atoms with Crippen LogP contribution in [0.2, 0.25) is 5.15 Å². The monoisotopic (exact) mass is 290 g/mol. The first-order chi connectivity index (χ1) is 9.55. The molecule has 1 aliphatic rings. The average molecular weight is 291 g/mol. The van der Waals surface area contributed by atoms with E-state index in [0.717, 1.165) is 23.6 Å². The minimum atomic E-state index is 0.238. The van der Waals surface area contributed by atoms with Crippen LogP contribution < -0.4 is 4.74 Å². The lowest BCUT2D eigenvalue weighted by Crippen LogP contribution is -2.28. The van der Waals surface area contributed by atoms with Crippen LogP contribution >= 0.6 is 11.6 Å². The highest BCUT2D eigenvalue weighted by Gasteiger charge is 2.28. The Kier molecular flexibility index (Phi) is 3.55. The van der Waals surface area contributed by atoms with Crippen molar-refractivity contribution < 1.29 is 4.74 Å². The van der Waals surface area contributed by atoms with Gasteiger partial charge in [-0.15, -0.1) is 10.2 Å². The molecule has 0 saturated heterocycles. The molecule has 106 valence electrons. The topological polar surface area (TPSA) is 35.0 Å². The number of rotatable bonds is 2. The van der Waals surface area contributed by atoms with Crippen molar-refractivity contribution in [1.82, 2.24) is 10.2 Å². The van der Waals surface area contributed by atoms with Gasteiger partial charge >= 0.3 is 0 Å². The van der Waals surface area contributed by atoms with E-state index in [0.29, 0.717) is 16.4 Å². The predicted octanol–water partition coefficient (Wildman–Crippen LogP) is 4.63. The second-order valence-corrected chi connectivity index (χ2v) is 6.68. The van der Waals surface area contributed by atoms with Gasteiger partial charge in [-0.25, -0.2) is 0 Å². The van der Waals surface area contributed by atoms with Gasteiger partial charge in [0.25, 0.3) is 0 Å². The Morgan fingerprint density at radius 3 is 2.45 bits per heavy atom. The van der Waals surface area contributed by atoms with E-state index < -0.39 is 0 Å². The zero-order valence-electron chi connectivity index (χ0n) is 11.9. The zero-order valence-corrected chi connectivity index (χ0v) is 12.7. The summed E-state index contributed by atoms with van der Waals surface area (Å²) in [6.07, 6.45) is 4.77. The standard InChI is InChI=1S/C16H19ClN2O/c1-16(2)9-7-11(8-10-16)20-15-13-6-4-3-5-12(13)14(17)18-19-15/h3-6,11H,7-10H2,1-2H3. The highest BCUT2D eigenvalue weighted by Crippen LogP contribution is 2.37. The maximum Gasteiger partial charge on any atom is 0.241 e. The van der Waals surface area contributed by atoms with Gasteiger partial charge in [-0.2, -0.15) is 0 Å². The molecule has 0 aliphatic heterocycles. The van der Waals surface area contributed by atoms with Crippen molar-refractivity contribution in [2.45, 2.75) is 45.6 Å². The number of benzene rings is 1. The Morgan fingerprint density at radius 1 is 1.10 bits per heavy atom. The second-order valence-electron chi connectivity index (χ2n) is 6.32. The van der Waals surface area contributed by atoms with Crippen molar-refractivity contribution in [2.75, 3.05) is 0 Å². The van der Waals surface area contributed by atoms with E-state index in [-0.39, 0.29) is 6.10 Å². The minimum Gasteiger partial charge on any atom is -0.473 e. The van der Waals surface area contributed by atoms with Gasteiger partial charge in [-0.3, -0.25) is 0 Å². The molecule has 0 bridgehead atoms. The number of ether oxygens (including phenoxy) is 1. The number of halogens is 1. The van der Waals surface area contributed by atoms with Gasteiger partial charge in [0.05, 0.1) is 0 Å².